The summed E-state index contributed by atoms with van der Waals surface area (Å²) in [4.78, 5) is 2.77. The van der Waals surface area contributed by atoms with E-state index in [4.69, 9.17) is 4.42 Å². The minimum absolute atomic E-state index is 0.0496. The fourth-order valence-corrected chi connectivity index (χ4v) is 6.95. The van der Waals surface area contributed by atoms with E-state index in [1.54, 1.807) is 23.7 Å². The van der Waals surface area contributed by atoms with Crippen LogP contribution in [0.5, 0.6) is 0 Å². The number of hydrogen-bond donors (Lipinski definition) is 0. The Morgan fingerprint density at radius 2 is 2.12 bits per heavy atom. The molecule has 4 nitrogen and oxygen atoms in total. The van der Waals surface area contributed by atoms with Gasteiger partial charge in [-0.2, -0.15) is 11.3 Å². The number of furan rings is 1. The highest BCUT2D eigenvalue weighted by Crippen LogP contribution is 2.46. The third-order valence-corrected chi connectivity index (χ3v) is 8.24. The van der Waals surface area contributed by atoms with E-state index in [0.29, 0.717) is 11.4 Å². The number of fused-ring (bicyclic) bond motifs is 3. The van der Waals surface area contributed by atoms with E-state index in [1.807, 2.05) is 24.3 Å². The van der Waals surface area contributed by atoms with Crippen LogP contribution in [0, 0.1) is 0 Å². The lowest BCUT2D eigenvalue weighted by molar-refractivity contribution is 0.326. The van der Waals surface area contributed by atoms with Crippen LogP contribution in [0.2, 0.25) is 0 Å². The second kappa shape index (κ2) is 5.56. The Labute approximate surface area is 150 Å². The molecule has 0 bridgehead atoms. The van der Waals surface area contributed by atoms with Crippen molar-refractivity contribution in [1.82, 2.24) is 4.90 Å². The molecule has 1 aromatic carbocycles. The Morgan fingerprint density at radius 1 is 1.20 bits per heavy atom. The molecule has 0 spiro atoms. The molecule has 2 aliphatic rings. The quantitative estimate of drug-likeness (QED) is 0.703. The molecule has 0 radical (unpaired) electrons. The van der Waals surface area contributed by atoms with Crippen LogP contribution in [0.4, 0.5) is 0 Å². The van der Waals surface area contributed by atoms with E-state index in [-0.39, 0.29) is 11.2 Å². The first kappa shape index (κ1) is 15.4. The van der Waals surface area contributed by atoms with Gasteiger partial charge < -0.3 is 4.42 Å². The monoisotopic (exact) mass is 371 g/mol. The molecule has 6 heteroatoms. The maximum absolute atomic E-state index is 13.0. The van der Waals surface area contributed by atoms with Gasteiger partial charge in [0.15, 0.2) is 9.84 Å². The minimum atomic E-state index is -3.25. The first-order valence-corrected chi connectivity index (χ1v) is 10.8. The summed E-state index contributed by atoms with van der Waals surface area (Å²) in [5.74, 6) is 0.824. The molecule has 0 aliphatic carbocycles. The molecule has 128 valence electrons. The van der Waals surface area contributed by atoms with Crippen molar-refractivity contribution in [3.63, 3.8) is 0 Å². The van der Waals surface area contributed by atoms with Crippen LogP contribution >= 0.6 is 11.3 Å². The zero-order valence-corrected chi connectivity index (χ0v) is 15.1. The van der Waals surface area contributed by atoms with Gasteiger partial charge in [-0.1, -0.05) is 0 Å². The summed E-state index contributed by atoms with van der Waals surface area (Å²) in [5.41, 5.74) is 3.15. The van der Waals surface area contributed by atoms with Crippen LogP contribution in [0.3, 0.4) is 0 Å². The molecule has 0 unspecified atom stereocenters. The van der Waals surface area contributed by atoms with Gasteiger partial charge in [-0.3, -0.25) is 4.90 Å². The minimum Gasteiger partial charge on any atom is -0.464 e. The number of benzene rings is 1. The number of nitrogens with zero attached hydrogens (tertiary/aromatic N) is 1. The highest BCUT2D eigenvalue weighted by molar-refractivity contribution is 7.92. The summed E-state index contributed by atoms with van der Waals surface area (Å²) in [6, 6.07) is 11.5. The van der Waals surface area contributed by atoms with Gasteiger partial charge in [0.25, 0.3) is 0 Å². The average molecular weight is 371 g/mol. The summed E-state index contributed by atoms with van der Waals surface area (Å²) in [6.07, 6.45) is 1.64. The highest BCUT2D eigenvalue weighted by Gasteiger charge is 2.50. The molecule has 0 amide bonds. The van der Waals surface area contributed by atoms with E-state index in [1.165, 1.54) is 5.56 Å². The fraction of sp³-hybridized carbons (Fsp3) is 0.263. The van der Waals surface area contributed by atoms with Crippen LogP contribution in [0.15, 0.2) is 62.7 Å². The largest absolute Gasteiger partial charge is 0.464 e. The van der Waals surface area contributed by atoms with Gasteiger partial charge in [0, 0.05) is 31.1 Å². The van der Waals surface area contributed by atoms with Crippen molar-refractivity contribution in [2.24, 2.45) is 0 Å². The molecule has 0 N–H and O–H groups in total. The number of sulfone groups is 1. The van der Waals surface area contributed by atoms with Crippen molar-refractivity contribution in [3.05, 3.63) is 64.5 Å². The van der Waals surface area contributed by atoms with Gasteiger partial charge in [0.05, 0.1) is 16.4 Å². The number of thiophene rings is 1. The lowest BCUT2D eigenvalue weighted by Gasteiger charge is -2.16. The molecule has 0 saturated carbocycles. The predicted octanol–water partition coefficient (Wildman–Crippen LogP) is 3.76. The predicted molar refractivity (Wildman–Crippen MR) is 97.5 cm³/mol. The normalized spacial score (nSPS) is 24.3. The van der Waals surface area contributed by atoms with Gasteiger partial charge in [-0.15, -0.1) is 0 Å². The molecule has 2 aromatic heterocycles. The molecule has 3 aromatic rings. The van der Waals surface area contributed by atoms with Gasteiger partial charge >= 0.3 is 0 Å². The lowest BCUT2D eigenvalue weighted by atomic mass is 9.96. The van der Waals surface area contributed by atoms with Crippen molar-refractivity contribution in [2.75, 3.05) is 13.1 Å². The van der Waals surface area contributed by atoms with Crippen molar-refractivity contribution >= 4 is 21.2 Å². The molecule has 1 saturated heterocycles. The molecular weight excluding hydrogens is 354 g/mol. The van der Waals surface area contributed by atoms with E-state index >= 15 is 0 Å². The van der Waals surface area contributed by atoms with Gasteiger partial charge in [-0.05, 0) is 58.3 Å². The Hall–Kier alpha value is -1.89. The van der Waals surface area contributed by atoms with E-state index in [0.717, 1.165) is 30.0 Å². The van der Waals surface area contributed by atoms with Crippen molar-refractivity contribution in [3.8, 4) is 11.3 Å². The van der Waals surface area contributed by atoms with Gasteiger partial charge in [0.1, 0.15) is 5.76 Å². The Kier molecular flexibility index (Phi) is 3.42. The molecule has 25 heavy (non-hydrogen) atoms. The molecule has 1 fully saturated rings. The third-order valence-electron chi connectivity index (χ3n) is 5.25. The molecule has 2 aliphatic heterocycles. The Balaban J connectivity index is 1.51. The van der Waals surface area contributed by atoms with Crippen molar-refractivity contribution < 1.29 is 12.8 Å². The van der Waals surface area contributed by atoms with Crippen LogP contribution in [0.25, 0.3) is 11.3 Å². The van der Waals surface area contributed by atoms with Crippen LogP contribution in [0.1, 0.15) is 17.0 Å². The summed E-state index contributed by atoms with van der Waals surface area (Å²) in [7, 11) is -3.25. The summed E-state index contributed by atoms with van der Waals surface area (Å²) < 4.78 is 31.4. The van der Waals surface area contributed by atoms with Gasteiger partial charge in [-0.25, -0.2) is 8.42 Å². The zero-order valence-electron chi connectivity index (χ0n) is 13.5. The Morgan fingerprint density at radius 3 is 2.88 bits per heavy atom. The maximum Gasteiger partial charge on any atom is 0.183 e. The third kappa shape index (κ3) is 2.39. The fourth-order valence-electron chi connectivity index (χ4n) is 4.09. The maximum atomic E-state index is 13.0. The zero-order chi connectivity index (χ0) is 17.0. The van der Waals surface area contributed by atoms with Gasteiger partial charge in [0.2, 0.25) is 0 Å². The standard InChI is InChI=1S/C19H17NO3S2/c21-25(22)18-4-3-14(17-2-1-6-23-17)8-15(18)16-10-20(11-19(16)25)9-13-5-7-24-12-13/h1-8,12,16,19H,9-11H2/t16-,19+/m1/s1. The lowest BCUT2D eigenvalue weighted by Crippen LogP contribution is -2.25. The summed E-state index contributed by atoms with van der Waals surface area (Å²) >= 11 is 1.68. The number of likely N-dealkylation sites (tertiary alicyclic amines) is 1. The molecule has 2 atom stereocenters. The molecule has 4 heterocycles. The van der Waals surface area contributed by atoms with E-state index in [2.05, 4.69) is 21.7 Å². The van der Waals surface area contributed by atoms with E-state index < -0.39 is 9.84 Å². The Bertz CT molecular complexity index is 1010. The molecular formula is C19H17NO3S2. The SMILES string of the molecule is O=S1(=O)c2ccc(-c3ccco3)cc2[C@H]2CN(Cc3ccsc3)C[C@@H]21. The van der Waals surface area contributed by atoms with E-state index in [9.17, 15) is 8.42 Å². The smallest absolute Gasteiger partial charge is 0.183 e. The number of rotatable bonds is 3. The van der Waals surface area contributed by atoms with Crippen LogP contribution < -0.4 is 0 Å². The second-order valence-electron chi connectivity index (χ2n) is 6.75. The number of hydrogen-bond acceptors (Lipinski definition) is 5. The first-order chi connectivity index (χ1) is 12.1. The second-order valence-corrected chi connectivity index (χ2v) is 9.66. The first-order valence-electron chi connectivity index (χ1n) is 8.28. The highest BCUT2D eigenvalue weighted by atomic mass is 32.2. The van der Waals surface area contributed by atoms with Crippen LogP contribution in [-0.4, -0.2) is 31.7 Å². The summed E-state index contributed by atoms with van der Waals surface area (Å²) in [6.45, 7) is 2.21. The summed E-state index contributed by atoms with van der Waals surface area (Å²) in [5, 5.41) is 3.87. The topological polar surface area (TPSA) is 50.5 Å². The van der Waals surface area contributed by atoms with Crippen molar-refractivity contribution in [1.29, 1.82) is 0 Å². The van der Waals surface area contributed by atoms with Crippen LogP contribution in [-0.2, 0) is 16.4 Å². The van der Waals surface area contributed by atoms with Crippen molar-refractivity contribution in [2.45, 2.75) is 22.6 Å². The molecule has 5 rings (SSSR count). The average Bonchev–Trinajstić information content (AvgIpc) is 3.37.